The largest absolute Gasteiger partial charge is 0.456 e. The van der Waals surface area contributed by atoms with Gasteiger partial charge in [-0.05, 0) is 85.2 Å². The van der Waals surface area contributed by atoms with Crippen LogP contribution in [0.3, 0.4) is 0 Å². The van der Waals surface area contributed by atoms with Crippen molar-refractivity contribution in [1.29, 1.82) is 0 Å². The first-order valence-corrected chi connectivity index (χ1v) is 20.3. The van der Waals surface area contributed by atoms with E-state index in [0.717, 1.165) is 87.5 Å². The van der Waals surface area contributed by atoms with Gasteiger partial charge in [0.15, 0.2) is 11.6 Å². The Morgan fingerprint density at radius 3 is 1.88 bits per heavy atom. The molecule has 5 heteroatoms. The van der Waals surface area contributed by atoms with Crippen LogP contribution in [0, 0.1) is 0 Å². The molecular formula is C55H32N4O. The second-order valence-corrected chi connectivity index (χ2v) is 15.6. The number of fused-ring (bicyclic) bond motifs is 12. The smallest absolute Gasteiger partial charge is 0.238 e. The van der Waals surface area contributed by atoms with Crippen molar-refractivity contribution < 1.29 is 4.42 Å². The quantitative estimate of drug-likeness (QED) is 0.167. The molecule has 10 aromatic carbocycles. The highest BCUT2D eigenvalue weighted by Gasteiger charge is 2.22. The third-order valence-corrected chi connectivity index (χ3v) is 12.2. The third kappa shape index (κ3) is 4.90. The molecule has 3 aromatic heterocycles. The van der Waals surface area contributed by atoms with Crippen LogP contribution in [-0.2, 0) is 0 Å². The van der Waals surface area contributed by atoms with Gasteiger partial charge in [0.2, 0.25) is 5.95 Å². The van der Waals surface area contributed by atoms with Crippen molar-refractivity contribution >= 4 is 86.8 Å². The lowest BCUT2D eigenvalue weighted by Gasteiger charge is -2.14. The number of rotatable bonds is 4. The molecule has 0 aliphatic carbocycles. The summed E-state index contributed by atoms with van der Waals surface area (Å²) in [5.41, 5.74) is 7.74. The van der Waals surface area contributed by atoms with E-state index in [-0.39, 0.29) is 0 Å². The molecule has 0 aliphatic rings. The fourth-order valence-electron chi connectivity index (χ4n) is 9.47. The number of benzene rings is 10. The Morgan fingerprint density at radius 1 is 0.350 bits per heavy atom. The SMILES string of the molecule is c1cc(-c2nc(-c3cccc4oc5cc6ccccc6cc5c34)nc(-n3c4ccccc4c4ccc5ccccc5c43)n2)cc(-c2cc3ccccc3c3ccccc23)c1. The summed E-state index contributed by atoms with van der Waals surface area (Å²) in [5, 5.41) is 13.7. The normalized spacial score (nSPS) is 12.0. The molecule has 60 heavy (non-hydrogen) atoms. The van der Waals surface area contributed by atoms with Gasteiger partial charge in [0.25, 0.3) is 0 Å². The van der Waals surface area contributed by atoms with Gasteiger partial charge in [-0.2, -0.15) is 9.97 Å². The minimum atomic E-state index is 0.550. The predicted molar refractivity (Wildman–Crippen MR) is 248 cm³/mol. The molecular weight excluding hydrogens is 733 g/mol. The van der Waals surface area contributed by atoms with Crippen molar-refractivity contribution in [3.05, 3.63) is 194 Å². The summed E-state index contributed by atoms with van der Waals surface area (Å²) >= 11 is 0. The van der Waals surface area contributed by atoms with E-state index >= 15 is 0 Å². The maximum Gasteiger partial charge on any atom is 0.238 e. The molecule has 0 radical (unpaired) electrons. The van der Waals surface area contributed by atoms with Crippen molar-refractivity contribution in [1.82, 2.24) is 19.5 Å². The van der Waals surface area contributed by atoms with Crippen molar-refractivity contribution in [2.45, 2.75) is 0 Å². The molecule has 0 bridgehead atoms. The highest BCUT2D eigenvalue weighted by Crippen LogP contribution is 2.41. The number of nitrogens with zero attached hydrogens (tertiary/aromatic N) is 4. The molecule has 3 heterocycles. The lowest BCUT2D eigenvalue weighted by atomic mass is 9.92. The summed E-state index contributed by atoms with van der Waals surface area (Å²) in [6, 6.07) is 68.6. The van der Waals surface area contributed by atoms with Crippen LogP contribution in [0.15, 0.2) is 199 Å². The summed E-state index contributed by atoms with van der Waals surface area (Å²) in [4.78, 5) is 16.2. The molecule has 0 fully saturated rings. The molecule has 0 spiro atoms. The number of furan rings is 1. The molecule has 0 unspecified atom stereocenters. The maximum absolute atomic E-state index is 6.56. The first-order chi connectivity index (χ1) is 29.7. The van der Waals surface area contributed by atoms with Crippen LogP contribution in [0.1, 0.15) is 0 Å². The Morgan fingerprint density at radius 2 is 1.02 bits per heavy atom. The van der Waals surface area contributed by atoms with Crippen LogP contribution in [0.4, 0.5) is 0 Å². The number of hydrogen-bond acceptors (Lipinski definition) is 4. The molecule has 278 valence electrons. The van der Waals surface area contributed by atoms with Crippen LogP contribution in [0.25, 0.3) is 127 Å². The van der Waals surface area contributed by atoms with Crippen molar-refractivity contribution in [2.75, 3.05) is 0 Å². The van der Waals surface area contributed by atoms with Gasteiger partial charge in [0.05, 0.1) is 11.0 Å². The van der Waals surface area contributed by atoms with E-state index in [2.05, 4.69) is 187 Å². The molecule has 0 saturated carbocycles. The number of hydrogen-bond donors (Lipinski definition) is 0. The van der Waals surface area contributed by atoms with E-state index in [1.165, 1.54) is 21.5 Å². The zero-order valence-corrected chi connectivity index (χ0v) is 32.2. The van der Waals surface area contributed by atoms with Crippen molar-refractivity contribution in [3.63, 3.8) is 0 Å². The van der Waals surface area contributed by atoms with E-state index < -0.39 is 0 Å². The summed E-state index contributed by atoms with van der Waals surface area (Å²) in [5.74, 6) is 1.71. The van der Waals surface area contributed by atoms with Crippen LogP contribution in [0.2, 0.25) is 0 Å². The fourth-order valence-corrected chi connectivity index (χ4v) is 9.47. The van der Waals surface area contributed by atoms with Crippen LogP contribution < -0.4 is 0 Å². The van der Waals surface area contributed by atoms with E-state index in [1.54, 1.807) is 0 Å². The van der Waals surface area contributed by atoms with Crippen molar-refractivity contribution in [3.8, 4) is 39.9 Å². The average Bonchev–Trinajstić information content (AvgIpc) is 3.86. The second-order valence-electron chi connectivity index (χ2n) is 15.6. The summed E-state index contributed by atoms with van der Waals surface area (Å²) in [6.45, 7) is 0. The number of aromatic nitrogens is 4. The zero-order valence-electron chi connectivity index (χ0n) is 32.2. The van der Waals surface area contributed by atoms with Gasteiger partial charge in [-0.25, -0.2) is 4.98 Å². The number of para-hydroxylation sites is 1. The Labute approximate surface area is 343 Å². The predicted octanol–water partition coefficient (Wildman–Crippen LogP) is 14.5. The maximum atomic E-state index is 6.56. The Bertz CT molecular complexity index is 3910. The van der Waals surface area contributed by atoms with Gasteiger partial charge in [-0.15, -0.1) is 0 Å². The zero-order chi connectivity index (χ0) is 39.3. The minimum absolute atomic E-state index is 0.550. The molecule has 13 aromatic rings. The summed E-state index contributed by atoms with van der Waals surface area (Å²) in [7, 11) is 0. The highest BCUT2D eigenvalue weighted by atomic mass is 16.3. The van der Waals surface area contributed by atoms with Gasteiger partial charge in [-0.3, -0.25) is 4.57 Å². The summed E-state index contributed by atoms with van der Waals surface area (Å²) in [6.07, 6.45) is 0. The van der Waals surface area contributed by atoms with E-state index in [9.17, 15) is 0 Å². The standard InChI is InChI=1S/C55H32N4O/c1-2-15-35-32-50-47(30-34(35)14-1)51-45(24-12-26-49(51)60-50)54-56-53(38-18-11-17-36(29-38)46-31-37-16-4-5-19-39(37)41-21-7-8-22-42(41)46)57-55(58-54)59-48-25-10-9-23-43(48)44-28-27-33-13-3-6-20-40(33)52(44)59/h1-32H. The first-order valence-electron chi connectivity index (χ1n) is 20.3. The van der Waals surface area contributed by atoms with E-state index in [1.807, 2.05) is 12.1 Å². The lowest BCUT2D eigenvalue weighted by molar-refractivity contribution is 0.669. The van der Waals surface area contributed by atoms with Crippen LogP contribution in [0.5, 0.6) is 0 Å². The van der Waals surface area contributed by atoms with Gasteiger partial charge in [0.1, 0.15) is 11.2 Å². The highest BCUT2D eigenvalue weighted by molar-refractivity contribution is 6.19. The third-order valence-electron chi connectivity index (χ3n) is 12.2. The molecule has 0 aliphatic heterocycles. The van der Waals surface area contributed by atoms with Crippen LogP contribution in [-0.4, -0.2) is 19.5 Å². The van der Waals surface area contributed by atoms with Crippen molar-refractivity contribution in [2.24, 2.45) is 0 Å². The first kappa shape index (κ1) is 32.9. The molecule has 5 nitrogen and oxygen atoms in total. The Kier molecular flexibility index (Phi) is 6.95. The molecule has 0 saturated heterocycles. The van der Waals surface area contributed by atoms with Gasteiger partial charge in [-0.1, -0.05) is 158 Å². The Balaban J connectivity index is 1.11. The molecule has 0 N–H and O–H groups in total. The second kappa shape index (κ2) is 12.7. The van der Waals surface area contributed by atoms with Gasteiger partial charge < -0.3 is 4.42 Å². The molecule has 13 rings (SSSR count). The monoisotopic (exact) mass is 764 g/mol. The molecule has 0 atom stereocenters. The summed E-state index contributed by atoms with van der Waals surface area (Å²) < 4.78 is 8.78. The fraction of sp³-hybridized carbons (Fsp3) is 0. The Hall–Kier alpha value is -8.15. The topological polar surface area (TPSA) is 56.7 Å². The van der Waals surface area contributed by atoms with Gasteiger partial charge in [0, 0.05) is 38.1 Å². The minimum Gasteiger partial charge on any atom is -0.456 e. The van der Waals surface area contributed by atoms with E-state index in [0.29, 0.717) is 17.6 Å². The van der Waals surface area contributed by atoms with Gasteiger partial charge >= 0.3 is 0 Å². The van der Waals surface area contributed by atoms with Crippen LogP contribution >= 0.6 is 0 Å². The average molecular weight is 765 g/mol. The molecule has 0 amide bonds. The lowest BCUT2D eigenvalue weighted by Crippen LogP contribution is -2.06. The van der Waals surface area contributed by atoms with E-state index in [4.69, 9.17) is 19.4 Å².